The molecule has 3 aromatic rings. The number of hydrogen-bond acceptors (Lipinski definition) is 2. The Hall–Kier alpha value is -2.68. The van der Waals surface area contributed by atoms with Crippen LogP contribution in [-0.2, 0) is 6.42 Å². The highest BCUT2D eigenvalue weighted by atomic mass is 16.1. The number of hydrogen-bond donors (Lipinski definition) is 1. The normalized spacial score (nSPS) is 10.5. The van der Waals surface area contributed by atoms with Crippen molar-refractivity contribution in [1.82, 2.24) is 10.3 Å². The molecule has 0 atom stereocenters. The molecule has 0 bridgehead atoms. The second kappa shape index (κ2) is 6.85. The lowest BCUT2D eigenvalue weighted by Gasteiger charge is -2.06. The van der Waals surface area contributed by atoms with Gasteiger partial charge in [-0.15, -0.1) is 0 Å². The van der Waals surface area contributed by atoms with Gasteiger partial charge in [0.1, 0.15) is 5.69 Å². The lowest BCUT2D eigenvalue weighted by molar-refractivity contribution is 0.0948. The van der Waals surface area contributed by atoms with Crippen molar-refractivity contribution in [3.05, 3.63) is 78.0 Å². The van der Waals surface area contributed by atoms with Crippen LogP contribution in [0.25, 0.3) is 10.9 Å². The quantitative estimate of drug-likeness (QED) is 0.730. The number of aromatic nitrogens is 1. The number of nitrogens with one attached hydrogen (secondary N) is 1. The maximum absolute atomic E-state index is 12.1. The third-order valence-corrected chi connectivity index (χ3v) is 3.60. The van der Waals surface area contributed by atoms with Crippen LogP contribution in [0.15, 0.2) is 66.7 Å². The number of rotatable bonds is 5. The summed E-state index contributed by atoms with van der Waals surface area (Å²) in [6, 6.07) is 21.8. The van der Waals surface area contributed by atoms with Gasteiger partial charge in [0.05, 0.1) is 5.52 Å². The number of pyridine rings is 1. The molecule has 1 aromatic heterocycles. The zero-order chi connectivity index (χ0) is 15.2. The van der Waals surface area contributed by atoms with Gasteiger partial charge in [0.25, 0.3) is 5.91 Å². The summed E-state index contributed by atoms with van der Waals surface area (Å²) < 4.78 is 0. The van der Waals surface area contributed by atoms with Crippen LogP contribution < -0.4 is 5.32 Å². The molecule has 1 N–H and O–H groups in total. The van der Waals surface area contributed by atoms with Crippen LogP contribution in [-0.4, -0.2) is 17.4 Å². The van der Waals surface area contributed by atoms with Gasteiger partial charge in [-0.1, -0.05) is 54.6 Å². The number of para-hydroxylation sites is 1. The summed E-state index contributed by atoms with van der Waals surface area (Å²) in [6.45, 7) is 0.655. The zero-order valence-corrected chi connectivity index (χ0v) is 12.3. The van der Waals surface area contributed by atoms with Gasteiger partial charge in [-0.25, -0.2) is 4.98 Å². The lowest BCUT2D eigenvalue weighted by Crippen LogP contribution is -2.25. The molecule has 0 saturated carbocycles. The largest absolute Gasteiger partial charge is 0.351 e. The predicted octanol–water partition coefficient (Wildman–Crippen LogP) is 3.60. The predicted molar refractivity (Wildman–Crippen MR) is 88.8 cm³/mol. The minimum atomic E-state index is -0.112. The van der Waals surface area contributed by atoms with Crippen molar-refractivity contribution in [1.29, 1.82) is 0 Å². The fourth-order valence-corrected chi connectivity index (χ4v) is 2.42. The number of carbonyl (C=O) groups excluding carboxylic acids is 1. The van der Waals surface area contributed by atoms with E-state index in [0.29, 0.717) is 12.2 Å². The van der Waals surface area contributed by atoms with Gasteiger partial charge in [-0.05, 0) is 30.5 Å². The monoisotopic (exact) mass is 290 g/mol. The number of benzene rings is 2. The van der Waals surface area contributed by atoms with Gasteiger partial charge in [0.15, 0.2) is 0 Å². The van der Waals surface area contributed by atoms with Crippen LogP contribution in [0.3, 0.4) is 0 Å². The van der Waals surface area contributed by atoms with E-state index in [2.05, 4.69) is 22.4 Å². The van der Waals surface area contributed by atoms with Crippen molar-refractivity contribution in [3.8, 4) is 0 Å². The molecule has 0 spiro atoms. The van der Waals surface area contributed by atoms with E-state index in [1.807, 2.05) is 48.5 Å². The first-order valence-corrected chi connectivity index (χ1v) is 7.51. The van der Waals surface area contributed by atoms with Crippen molar-refractivity contribution >= 4 is 16.8 Å². The first-order valence-electron chi connectivity index (χ1n) is 7.51. The summed E-state index contributed by atoms with van der Waals surface area (Å²) in [5, 5.41) is 3.98. The Labute approximate surface area is 130 Å². The Morgan fingerprint density at radius 3 is 2.55 bits per heavy atom. The third kappa shape index (κ3) is 3.50. The van der Waals surface area contributed by atoms with E-state index in [4.69, 9.17) is 0 Å². The molecule has 2 aromatic carbocycles. The van der Waals surface area contributed by atoms with Gasteiger partial charge in [-0.3, -0.25) is 4.79 Å². The van der Waals surface area contributed by atoms with Gasteiger partial charge >= 0.3 is 0 Å². The molecule has 0 aliphatic heterocycles. The molecule has 1 amide bonds. The van der Waals surface area contributed by atoms with Crippen LogP contribution in [0.2, 0.25) is 0 Å². The molecular weight excluding hydrogens is 272 g/mol. The smallest absolute Gasteiger partial charge is 0.269 e. The minimum absolute atomic E-state index is 0.112. The van der Waals surface area contributed by atoms with E-state index < -0.39 is 0 Å². The van der Waals surface area contributed by atoms with Crippen LogP contribution in [0.5, 0.6) is 0 Å². The standard InChI is InChI=1S/C19H18N2O/c22-19(20-14-6-9-15-7-2-1-3-8-15)18-13-12-16-10-4-5-11-17(16)21-18/h1-5,7-8,10-13H,6,9,14H2,(H,20,22). The molecule has 3 nitrogen and oxygen atoms in total. The van der Waals surface area contributed by atoms with Crippen LogP contribution in [0.1, 0.15) is 22.5 Å². The van der Waals surface area contributed by atoms with Crippen LogP contribution in [0, 0.1) is 0 Å². The highest BCUT2D eigenvalue weighted by Gasteiger charge is 2.07. The number of amides is 1. The molecule has 3 heteroatoms. The molecule has 0 radical (unpaired) electrons. The number of aryl methyl sites for hydroxylation is 1. The fraction of sp³-hybridized carbons (Fsp3) is 0.158. The van der Waals surface area contributed by atoms with E-state index >= 15 is 0 Å². The molecule has 0 saturated heterocycles. The minimum Gasteiger partial charge on any atom is -0.351 e. The molecule has 0 aliphatic rings. The van der Waals surface area contributed by atoms with E-state index in [9.17, 15) is 4.79 Å². The Bertz CT molecular complexity index is 769. The Morgan fingerprint density at radius 1 is 0.909 bits per heavy atom. The van der Waals surface area contributed by atoms with E-state index in [-0.39, 0.29) is 5.91 Å². The lowest BCUT2D eigenvalue weighted by atomic mass is 10.1. The SMILES string of the molecule is O=C(NCCCc1ccccc1)c1ccc2ccccc2n1. The molecule has 110 valence electrons. The molecule has 0 fully saturated rings. The topological polar surface area (TPSA) is 42.0 Å². The molecule has 3 rings (SSSR count). The molecule has 22 heavy (non-hydrogen) atoms. The van der Waals surface area contributed by atoms with Gasteiger partial charge < -0.3 is 5.32 Å². The first kappa shape index (κ1) is 14.3. The first-order chi connectivity index (χ1) is 10.8. The average Bonchev–Trinajstić information content (AvgIpc) is 2.59. The highest BCUT2D eigenvalue weighted by molar-refractivity contribution is 5.94. The van der Waals surface area contributed by atoms with Crippen molar-refractivity contribution < 1.29 is 4.79 Å². The fourth-order valence-electron chi connectivity index (χ4n) is 2.42. The molecule has 1 heterocycles. The molecule has 0 unspecified atom stereocenters. The highest BCUT2D eigenvalue weighted by Crippen LogP contribution is 2.11. The summed E-state index contributed by atoms with van der Waals surface area (Å²) in [5.41, 5.74) is 2.61. The number of carbonyl (C=O) groups is 1. The van der Waals surface area contributed by atoms with E-state index in [1.165, 1.54) is 5.56 Å². The average molecular weight is 290 g/mol. The zero-order valence-electron chi connectivity index (χ0n) is 12.3. The van der Waals surface area contributed by atoms with Crippen molar-refractivity contribution in [2.24, 2.45) is 0 Å². The third-order valence-electron chi connectivity index (χ3n) is 3.60. The molecular formula is C19H18N2O. The Kier molecular flexibility index (Phi) is 4.44. The Balaban J connectivity index is 1.54. The van der Waals surface area contributed by atoms with E-state index in [0.717, 1.165) is 23.7 Å². The maximum atomic E-state index is 12.1. The van der Waals surface area contributed by atoms with Gasteiger partial charge in [0, 0.05) is 11.9 Å². The summed E-state index contributed by atoms with van der Waals surface area (Å²) in [7, 11) is 0. The number of nitrogens with zero attached hydrogens (tertiary/aromatic N) is 1. The second-order valence-corrected chi connectivity index (χ2v) is 5.23. The van der Waals surface area contributed by atoms with Gasteiger partial charge in [0.2, 0.25) is 0 Å². The van der Waals surface area contributed by atoms with Crippen LogP contribution >= 0.6 is 0 Å². The second-order valence-electron chi connectivity index (χ2n) is 5.23. The molecule has 0 aliphatic carbocycles. The summed E-state index contributed by atoms with van der Waals surface area (Å²) in [4.78, 5) is 16.5. The van der Waals surface area contributed by atoms with Crippen molar-refractivity contribution in [2.45, 2.75) is 12.8 Å². The van der Waals surface area contributed by atoms with Gasteiger partial charge in [-0.2, -0.15) is 0 Å². The summed E-state index contributed by atoms with van der Waals surface area (Å²) in [6.07, 6.45) is 1.88. The maximum Gasteiger partial charge on any atom is 0.269 e. The number of fused-ring (bicyclic) bond motifs is 1. The van der Waals surface area contributed by atoms with Crippen LogP contribution in [0.4, 0.5) is 0 Å². The summed E-state index contributed by atoms with van der Waals surface area (Å²) >= 11 is 0. The van der Waals surface area contributed by atoms with Crippen molar-refractivity contribution in [2.75, 3.05) is 6.54 Å². The van der Waals surface area contributed by atoms with E-state index in [1.54, 1.807) is 6.07 Å². The summed E-state index contributed by atoms with van der Waals surface area (Å²) in [5.74, 6) is -0.112. The Morgan fingerprint density at radius 2 is 1.68 bits per heavy atom. The van der Waals surface area contributed by atoms with Crippen molar-refractivity contribution in [3.63, 3.8) is 0 Å².